The van der Waals surface area contributed by atoms with Crippen LogP contribution >= 0.6 is 15.9 Å². The fourth-order valence-electron chi connectivity index (χ4n) is 1.87. The van der Waals surface area contributed by atoms with Gasteiger partial charge in [-0.15, -0.1) is 0 Å². The summed E-state index contributed by atoms with van der Waals surface area (Å²) in [6.07, 6.45) is 6.61. The normalized spacial score (nSPS) is 11.7. The zero-order chi connectivity index (χ0) is 15.6. The molecule has 0 aliphatic carbocycles. The molecule has 22 heavy (non-hydrogen) atoms. The fourth-order valence-corrected chi connectivity index (χ4v) is 3.22. The Balaban J connectivity index is 1.83. The van der Waals surface area contributed by atoms with Crippen LogP contribution in [-0.2, 0) is 16.6 Å². The average molecular weight is 383 g/mol. The number of sulfonamides is 1. The van der Waals surface area contributed by atoms with Gasteiger partial charge in [0.15, 0.2) is 4.67 Å². The van der Waals surface area contributed by atoms with Gasteiger partial charge in [0.25, 0.3) is 10.0 Å². The second-order valence-corrected chi connectivity index (χ2v) is 6.82. The molecule has 0 bridgehead atoms. The molecule has 1 N–H and O–H groups in total. The number of hydrogen-bond acceptors (Lipinski definition) is 5. The van der Waals surface area contributed by atoms with Gasteiger partial charge in [-0.05, 0) is 34.1 Å². The van der Waals surface area contributed by atoms with Gasteiger partial charge in [-0.3, -0.25) is 4.57 Å². The summed E-state index contributed by atoms with van der Waals surface area (Å²) in [6, 6.07) is 6.44. The Morgan fingerprint density at radius 2 is 2.14 bits per heavy atom. The predicted molar refractivity (Wildman–Crippen MR) is 81.8 cm³/mol. The second-order valence-electron chi connectivity index (χ2n) is 4.34. The zero-order valence-corrected chi connectivity index (χ0v) is 13.6. The molecule has 0 aliphatic heterocycles. The van der Waals surface area contributed by atoms with Crippen LogP contribution in [0.1, 0.15) is 5.56 Å². The maximum Gasteiger partial charge on any atom is 0.274 e. The molecule has 3 rings (SSSR count). The van der Waals surface area contributed by atoms with Gasteiger partial charge >= 0.3 is 0 Å². The third kappa shape index (κ3) is 3.11. The zero-order valence-electron chi connectivity index (χ0n) is 11.2. The van der Waals surface area contributed by atoms with E-state index in [9.17, 15) is 8.42 Å². The molecule has 0 aliphatic rings. The van der Waals surface area contributed by atoms with Crippen molar-refractivity contribution in [1.29, 1.82) is 0 Å². The standard InChI is InChI=1S/C13H11BrN4O3S/c14-11-3-4-12(21-11)22(19,20)17-8-10-2-1-5-16-13(10)18-7-6-15-9-18/h1-7,9,17H,8H2. The number of hydrogen-bond donors (Lipinski definition) is 1. The second kappa shape index (κ2) is 6.03. The van der Waals surface area contributed by atoms with Crippen molar-refractivity contribution >= 4 is 26.0 Å². The lowest BCUT2D eigenvalue weighted by molar-refractivity contribution is 0.428. The van der Waals surface area contributed by atoms with Crippen molar-refractivity contribution in [3.8, 4) is 5.82 Å². The minimum Gasteiger partial charge on any atom is -0.437 e. The maximum absolute atomic E-state index is 12.2. The fraction of sp³-hybridized carbons (Fsp3) is 0.0769. The van der Waals surface area contributed by atoms with Crippen LogP contribution in [0.5, 0.6) is 0 Å². The lowest BCUT2D eigenvalue weighted by Crippen LogP contribution is -2.23. The predicted octanol–water partition coefficient (Wildman–Crippen LogP) is 2.10. The molecule has 9 heteroatoms. The van der Waals surface area contributed by atoms with Crippen molar-refractivity contribution in [3.63, 3.8) is 0 Å². The number of pyridine rings is 1. The Morgan fingerprint density at radius 1 is 1.27 bits per heavy atom. The van der Waals surface area contributed by atoms with Crippen molar-refractivity contribution in [2.75, 3.05) is 0 Å². The van der Waals surface area contributed by atoms with E-state index in [0.29, 0.717) is 10.5 Å². The molecule has 0 spiro atoms. The third-order valence-electron chi connectivity index (χ3n) is 2.88. The monoisotopic (exact) mass is 382 g/mol. The molecule has 0 saturated carbocycles. The van der Waals surface area contributed by atoms with Crippen LogP contribution in [0.3, 0.4) is 0 Å². The van der Waals surface area contributed by atoms with E-state index in [2.05, 4.69) is 30.6 Å². The topological polar surface area (TPSA) is 90.0 Å². The molecule has 0 atom stereocenters. The first kappa shape index (κ1) is 14.9. The summed E-state index contributed by atoms with van der Waals surface area (Å²) in [5.41, 5.74) is 0.717. The largest absolute Gasteiger partial charge is 0.437 e. The SMILES string of the molecule is O=S(=O)(NCc1cccnc1-n1ccnc1)c1ccc(Br)o1. The molecule has 0 saturated heterocycles. The van der Waals surface area contributed by atoms with Crippen molar-refractivity contribution in [3.05, 3.63) is 59.4 Å². The number of imidazole rings is 1. The van der Waals surface area contributed by atoms with Crippen LogP contribution in [0.4, 0.5) is 0 Å². The van der Waals surface area contributed by atoms with Gasteiger partial charge < -0.3 is 4.42 Å². The highest BCUT2D eigenvalue weighted by molar-refractivity contribution is 9.10. The number of rotatable bonds is 5. The van der Waals surface area contributed by atoms with Gasteiger partial charge in [0.1, 0.15) is 12.1 Å². The first-order valence-electron chi connectivity index (χ1n) is 6.23. The van der Waals surface area contributed by atoms with Crippen molar-refractivity contribution in [2.24, 2.45) is 0 Å². The molecular formula is C13H11BrN4O3S. The molecule has 0 unspecified atom stereocenters. The van der Waals surface area contributed by atoms with Crippen molar-refractivity contribution in [2.45, 2.75) is 11.6 Å². The summed E-state index contributed by atoms with van der Waals surface area (Å²) in [7, 11) is -3.72. The van der Waals surface area contributed by atoms with E-state index in [4.69, 9.17) is 4.42 Å². The summed E-state index contributed by atoms with van der Waals surface area (Å²) < 4.78 is 33.9. The molecule has 7 nitrogen and oxygen atoms in total. The maximum atomic E-state index is 12.2. The number of halogens is 1. The molecule has 3 aromatic heterocycles. The summed E-state index contributed by atoms with van der Waals surface area (Å²) in [5.74, 6) is 0.614. The molecule has 114 valence electrons. The lowest BCUT2D eigenvalue weighted by atomic mass is 10.2. The van der Waals surface area contributed by atoms with Crippen LogP contribution in [0, 0.1) is 0 Å². The Morgan fingerprint density at radius 3 is 2.82 bits per heavy atom. The van der Waals surface area contributed by atoms with Crippen LogP contribution in [0.2, 0.25) is 0 Å². The van der Waals surface area contributed by atoms with Crippen molar-refractivity contribution in [1.82, 2.24) is 19.3 Å². The Kier molecular flexibility index (Phi) is 4.10. The van der Waals surface area contributed by atoms with Crippen LogP contribution < -0.4 is 4.72 Å². The van der Waals surface area contributed by atoms with Gasteiger partial charge in [-0.25, -0.2) is 23.1 Å². The number of aromatic nitrogens is 3. The van der Waals surface area contributed by atoms with E-state index in [1.54, 1.807) is 41.6 Å². The minimum atomic E-state index is -3.72. The van der Waals surface area contributed by atoms with Crippen LogP contribution in [-0.4, -0.2) is 23.0 Å². The van der Waals surface area contributed by atoms with E-state index in [-0.39, 0.29) is 11.6 Å². The molecule has 0 radical (unpaired) electrons. The number of nitrogens with zero attached hydrogens (tertiary/aromatic N) is 3. The number of nitrogens with one attached hydrogen (secondary N) is 1. The lowest BCUT2D eigenvalue weighted by Gasteiger charge is -2.09. The molecule has 3 heterocycles. The van der Waals surface area contributed by atoms with Gasteiger partial charge in [0.2, 0.25) is 5.09 Å². The average Bonchev–Trinajstić information content (AvgIpc) is 3.17. The third-order valence-corrected chi connectivity index (χ3v) is 4.58. The summed E-state index contributed by atoms with van der Waals surface area (Å²) >= 11 is 3.08. The molecule has 3 aromatic rings. The Bertz CT molecular complexity index is 874. The summed E-state index contributed by atoms with van der Waals surface area (Å²) in [6.45, 7) is 0.0853. The molecule has 0 fully saturated rings. The Labute approximate surface area is 135 Å². The summed E-state index contributed by atoms with van der Waals surface area (Å²) in [5, 5.41) is -0.146. The smallest absolute Gasteiger partial charge is 0.274 e. The number of furan rings is 1. The molecule has 0 amide bonds. The van der Waals surface area contributed by atoms with Crippen molar-refractivity contribution < 1.29 is 12.8 Å². The van der Waals surface area contributed by atoms with Gasteiger partial charge in [0.05, 0.1) is 0 Å². The molecular weight excluding hydrogens is 372 g/mol. The minimum absolute atomic E-state index is 0.0853. The highest BCUT2D eigenvalue weighted by Gasteiger charge is 2.19. The molecule has 0 aromatic carbocycles. The first-order chi connectivity index (χ1) is 10.6. The van der Waals surface area contributed by atoms with Gasteiger partial charge in [-0.2, -0.15) is 0 Å². The van der Waals surface area contributed by atoms with Crippen LogP contribution in [0.15, 0.2) is 63.4 Å². The van der Waals surface area contributed by atoms with E-state index in [1.165, 1.54) is 12.1 Å². The van der Waals surface area contributed by atoms with E-state index < -0.39 is 10.0 Å². The quantitative estimate of drug-likeness (QED) is 0.729. The van der Waals surface area contributed by atoms with Crippen LogP contribution in [0.25, 0.3) is 5.82 Å². The van der Waals surface area contributed by atoms with E-state index >= 15 is 0 Å². The summed E-state index contributed by atoms with van der Waals surface area (Å²) in [4.78, 5) is 8.22. The Hall–Kier alpha value is -1.97. The van der Waals surface area contributed by atoms with E-state index in [0.717, 1.165) is 5.56 Å². The highest BCUT2D eigenvalue weighted by Crippen LogP contribution is 2.19. The van der Waals surface area contributed by atoms with Gasteiger partial charge in [-0.1, -0.05) is 6.07 Å². The highest BCUT2D eigenvalue weighted by atomic mass is 79.9. The van der Waals surface area contributed by atoms with E-state index in [1.807, 2.05) is 0 Å². The van der Waals surface area contributed by atoms with Gasteiger partial charge in [0, 0.05) is 30.7 Å². The first-order valence-corrected chi connectivity index (χ1v) is 8.51.